The van der Waals surface area contributed by atoms with E-state index in [-0.39, 0.29) is 24.9 Å². The number of rotatable bonds is 9. The zero-order valence-corrected chi connectivity index (χ0v) is 19.9. The Morgan fingerprint density at radius 3 is 2.42 bits per heavy atom. The van der Waals surface area contributed by atoms with Crippen LogP contribution in [0.2, 0.25) is 0 Å². The predicted octanol–water partition coefficient (Wildman–Crippen LogP) is 5.16. The van der Waals surface area contributed by atoms with Crippen molar-refractivity contribution in [2.75, 3.05) is 11.5 Å². The minimum atomic E-state index is -0.545. The Labute approximate surface area is 197 Å². The lowest BCUT2D eigenvalue weighted by Crippen LogP contribution is -2.23. The number of hydrogen-bond donors (Lipinski definition) is 0. The molecule has 0 unspecified atom stereocenters. The number of aryl methyl sites for hydroxylation is 2. The van der Waals surface area contributed by atoms with E-state index in [9.17, 15) is 14.4 Å². The highest BCUT2D eigenvalue weighted by Gasteiger charge is 2.20. The van der Waals surface area contributed by atoms with Gasteiger partial charge in [0, 0.05) is 24.3 Å². The molecule has 0 atom stereocenters. The molecule has 1 amide bonds. The van der Waals surface area contributed by atoms with Crippen LogP contribution in [0.4, 0.5) is 10.8 Å². The molecule has 0 saturated carbocycles. The molecule has 0 spiro atoms. The second-order valence-electron chi connectivity index (χ2n) is 7.52. The smallest absolute Gasteiger partial charge is 0.344 e. The molecule has 1 aromatic heterocycles. The number of carbonyl (C=O) groups excluding carboxylic acids is 3. The number of ketones is 1. The van der Waals surface area contributed by atoms with Gasteiger partial charge in [-0.05, 0) is 49.7 Å². The van der Waals surface area contributed by atoms with Crippen LogP contribution in [0.25, 0.3) is 0 Å². The molecule has 0 radical (unpaired) electrons. The van der Waals surface area contributed by atoms with Gasteiger partial charge in [-0.25, -0.2) is 9.78 Å². The van der Waals surface area contributed by atoms with Crippen LogP contribution in [0.3, 0.4) is 0 Å². The maximum atomic E-state index is 12.3. The van der Waals surface area contributed by atoms with Crippen molar-refractivity contribution >= 4 is 39.8 Å². The third kappa shape index (κ3) is 6.26. The van der Waals surface area contributed by atoms with E-state index < -0.39 is 5.97 Å². The van der Waals surface area contributed by atoms with Gasteiger partial charge in [-0.2, -0.15) is 0 Å². The number of esters is 1. The molecule has 7 nitrogen and oxygen atoms in total. The molecular weight excluding hydrogens is 440 g/mol. The summed E-state index contributed by atoms with van der Waals surface area (Å²) < 4.78 is 10.7. The zero-order valence-electron chi connectivity index (χ0n) is 19.1. The van der Waals surface area contributed by atoms with Gasteiger partial charge in [0.25, 0.3) is 0 Å². The van der Waals surface area contributed by atoms with Crippen LogP contribution in [0, 0.1) is 13.8 Å². The second-order valence-corrected chi connectivity index (χ2v) is 8.35. The first-order valence-electron chi connectivity index (χ1n) is 10.5. The predicted molar refractivity (Wildman–Crippen MR) is 127 cm³/mol. The fourth-order valence-electron chi connectivity index (χ4n) is 3.21. The van der Waals surface area contributed by atoms with E-state index in [1.807, 2.05) is 32.0 Å². The van der Waals surface area contributed by atoms with Crippen molar-refractivity contribution < 1.29 is 23.9 Å². The first-order valence-corrected chi connectivity index (χ1v) is 11.4. The second kappa shape index (κ2) is 10.9. The van der Waals surface area contributed by atoms with Crippen LogP contribution in [0.5, 0.6) is 5.75 Å². The van der Waals surface area contributed by atoms with Crippen LogP contribution in [-0.2, 0) is 20.9 Å². The Hall–Kier alpha value is -3.52. The van der Waals surface area contributed by atoms with Crippen molar-refractivity contribution in [3.05, 3.63) is 70.2 Å². The summed E-state index contributed by atoms with van der Waals surface area (Å²) in [5.41, 5.74) is 4.00. The molecule has 0 bridgehead atoms. The Morgan fingerprint density at radius 2 is 1.79 bits per heavy atom. The number of anilines is 2. The van der Waals surface area contributed by atoms with Crippen molar-refractivity contribution in [3.63, 3.8) is 0 Å². The van der Waals surface area contributed by atoms with Crippen LogP contribution in [0.15, 0.2) is 47.8 Å². The molecule has 172 valence electrons. The number of hydrogen-bond acceptors (Lipinski definition) is 7. The van der Waals surface area contributed by atoms with E-state index in [2.05, 4.69) is 4.98 Å². The molecule has 0 N–H and O–H groups in total. The summed E-state index contributed by atoms with van der Waals surface area (Å²) in [5, 5.41) is 2.27. The maximum absolute atomic E-state index is 12.3. The summed E-state index contributed by atoms with van der Waals surface area (Å²) in [4.78, 5) is 42.1. The highest BCUT2D eigenvalue weighted by Crippen LogP contribution is 2.31. The molecule has 3 rings (SSSR count). The Bertz CT molecular complexity index is 1150. The van der Waals surface area contributed by atoms with Crippen LogP contribution >= 0.6 is 11.3 Å². The molecule has 0 aliphatic carbocycles. The minimum Gasteiger partial charge on any atom is -0.482 e. The third-order valence-electron chi connectivity index (χ3n) is 4.87. The number of ether oxygens (including phenoxy) is 2. The van der Waals surface area contributed by atoms with Gasteiger partial charge in [0.2, 0.25) is 5.91 Å². The summed E-state index contributed by atoms with van der Waals surface area (Å²) in [7, 11) is 0. The van der Waals surface area contributed by atoms with E-state index in [4.69, 9.17) is 9.47 Å². The zero-order chi connectivity index (χ0) is 24.0. The van der Waals surface area contributed by atoms with E-state index in [1.54, 1.807) is 41.5 Å². The van der Waals surface area contributed by atoms with Crippen molar-refractivity contribution in [3.8, 4) is 5.75 Å². The van der Waals surface area contributed by atoms with Crippen molar-refractivity contribution in [1.82, 2.24) is 4.98 Å². The van der Waals surface area contributed by atoms with E-state index in [0.29, 0.717) is 28.6 Å². The topological polar surface area (TPSA) is 85.8 Å². The van der Waals surface area contributed by atoms with Crippen LogP contribution in [-0.4, -0.2) is 29.3 Å². The lowest BCUT2D eigenvalue weighted by atomic mass is 10.1. The van der Waals surface area contributed by atoms with Gasteiger partial charge in [0.05, 0.1) is 11.4 Å². The normalized spacial score (nSPS) is 10.5. The minimum absolute atomic E-state index is 0.0265. The fraction of sp³-hybridized carbons (Fsp3) is 0.280. The monoisotopic (exact) mass is 466 g/mol. The van der Waals surface area contributed by atoms with E-state index >= 15 is 0 Å². The highest BCUT2D eigenvalue weighted by atomic mass is 32.1. The van der Waals surface area contributed by atoms with Gasteiger partial charge < -0.3 is 9.47 Å². The number of amides is 1. The standard InChI is InChI=1S/C25H26N2O5S/c1-5-23(29)19-7-9-21(10-8-19)31-14-24(30)32-13-20-15-33-25(26-20)27(18(4)28)22-11-6-16(2)12-17(22)3/h6-12,15H,5,13-14H2,1-4H3. The van der Waals surface area contributed by atoms with Crippen molar-refractivity contribution in [2.45, 2.75) is 40.7 Å². The number of benzene rings is 2. The molecule has 0 aliphatic heterocycles. The first-order chi connectivity index (χ1) is 15.8. The molecular formula is C25H26N2O5S. The molecule has 0 saturated heterocycles. The summed E-state index contributed by atoms with van der Waals surface area (Å²) in [6, 6.07) is 12.5. The van der Waals surface area contributed by atoms with Gasteiger partial charge in [-0.3, -0.25) is 14.5 Å². The first kappa shape index (κ1) is 24.1. The number of thiazole rings is 1. The van der Waals surface area contributed by atoms with Gasteiger partial charge in [-0.1, -0.05) is 24.6 Å². The summed E-state index contributed by atoms with van der Waals surface area (Å²) in [5.74, 6) is -0.179. The molecule has 33 heavy (non-hydrogen) atoms. The Kier molecular flexibility index (Phi) is 7.95. The largest absolute Gasteiger partial charge is 0.482 e. The lowest BCUT2D eigenvalue weighted by molar-refractivity contribution is -0.147. The van der Waals surface area contributed by atoms with Gasteiger partial charge >= 0.3 is 5.97 Å². The van der Waals surface area contributed by atoms with Crippen LogP contribution in [0.1, 0.15) is 47.4 Å². The number of Topliss-reactive ketones (excluding diaryl/α,β-unsaturated/α-hetero) is 1. The van der Waals surface area contributed by atoms with Gasteiger partial charge in [-0.15, -0.1) is 11.3 Å². The number of aromatic nitrogens is 1. The van der Waals surface area contributed by atoms with Gasteiger partial charge in [0.1, 0.15) is 12.4 Å². The molecule has 8 heteroatoms. The highest BCUT2D eigenvalue weighted by molar-refractivity contribution is 7.14. The van der Waals surface area contributed by atoms with Crippen LogP contribution < -0.4 is 9.64 Å². The average Bonchev–Trinajstić information content (AvgIpc) is 3.26. The SMILES string of the molecule is CCC(=O)c1ccc(OCC(=O)OCc2csc(N(C(C)=O)c3ccc(C)cc3C)n2)cc1. The van der Waals surface area contributed by atoms with Gasteiger partial charge in [0.15, 0.2) is 17.5 Å². The maximum Gasteiger partial charge on any atom is 0.344 e. The fourth-order valence-corrected chi connectivity index (χ4v) is 4.07. The molecule has 3 aromatic rings. The number of carbonyl (C=O) groups is 3. The summed E-state index contributed by atoms with van der Waals surface area (Å²) in [6.07, 6.45) is 0.430. The van der Waals surface area contributed by atoms with Crippen molar-refractivity contribution in [1.29, 1.82) is 0 Å². The van der Waals surface area contributed by atoms with E-state index in [1.165, 1.54) is 18.3 Å². The van der Waals surface area contributed by atoms with E-state index in [0.717, 1.165) is 16.8 Å². The lowest BCUT2D eigenvalue weighted by Gasteiger charge is -2.20. The number of nitrogens with zero attached hydrogens (tertiary/aromatic N) is 2. The average molecular weight is 467 g/mol. The quantitative estimate of drug-likeness (QED) is 0.320. The molecule has 2 aromatic carbocycles. The molecule has 1 heterocycles. The molecule has 0 aliphatic rings. The Balaban J connectivity index is 1.57. The summed E-state index contributed by atoms with van der Waals surface area (Å²) >= 11 is 1.30. The summed E-state index contributed by atoms with van der Waals surface area (Å²) in [6.45, 7) is 6.94. The Morgan fingerprint density at radius 1 is 1.06 bits per heavy atom. The van der Waals surface area contributed by atoms with Crippen molar-refractivity contribution in [2.24, 2.45) is 0 Å². The third-order valence-corrected chi connectivity index (χ3v) is 5.75. The molecule has 0 fully saturated rings.